The van der Waals surface area contributed by atoms with Crippen molar-refractivity contribution in [2.24, 2.45) is 0 Å². The molecule has 0 radical (unpaired) electrons. The van der Waals surface area contributed by atoms with Crippen LogP contribution in [-0.4, -0.2) is 11.0 Å². The molecule has 0 aliphatic carbocycles. The average molecular weight is 313 g/mol. The Morgan fingerprint density at radius 1 is 1.13 bits per heavy atom. The number of nitrogens with two attached hydrogens (primary N) is 1. The van der Waals surface area contributed by atoms with Gasteiger partial charge >= 0.3 is 0 Å². The summed E-state index contributed by atoms with van der Waals surface area (Å²) in [6.45, 7) is 10.3. The van der Waals surface area contributed by atoms with Gasteiger partial charge in [0.2, 0.25) is 5.88 Å². The zero-order valence-electron chi connectivity index (χ0n) is 14.7. The summed E-state index contributed by atoms with van der Waals surface area (Å²) < 4.78 is 6.06. The van der Waals surface area contributed by atoms with E-state index < -0.39 is 0 Å². The molecule has 0 spiro atoms. The average Bonchev–Trinajstić information content (AvgIpc) is 2.52. The topological polar surface area (TPSA) is 60.2 Å². The molecule has 0 fully saturated rings. The Labute approximate surface area is 139 Å². The van der Waals surface area contributed by atoms with Crippen molar-refractivity contribution in [2.45, 2.75) is 53.5 Å². The van der Waals surface area contributed by atoms with Gasteiger partial charge in [-0.3, -0.25) is 0 Å². The fraction of sp³-hybridized carbons (Fsp3) is 0.421. The quantitative estimate of drug-likeness (QED) is 0.789. The molecule has 1 aromatic heterocycles. The molecule has 0 aliphatic rings. The van der Waals surface area contributed by atoms with E-state index in [1.54, 1.807) is 0 Å². The maximum absolute atomic E-state index is 6.31. The van der Waals surface area contributed by atoms with Crippen molar-refractivity contribution < 1.29 is 4.74 Å². The van der Waals surface area contributed by atoms with Crippen LogP contribution >= 0.6 is 0 Å². The lowest BCUT2D eigenvalue weighted by Crippen LogP contribution is -2.18. The second kappa shape index (κ2) is 7.36. The zero-order valence-corrected chi connectivity index (χ0v) is 14.7. The van der Waals surface area contributed by atoms with E-state index in [9.17, 15) is 0 Å². The summed E-state index contributed by atoms with van der Waals surface area (Å²) in [5.74, 6) is 1.29. The van der Waals surface area contributed by atoms with Gasteiger partial charge in [-0.2, -0.15) is 0 Å². The molecule has 1 aromatic carbocycles. The first kappa shape index (κ1) is 17.1. The van der Waals surface area contributed by atoms with Gasteiger partial charge in [0, 0.05) is 11.7 Å². The van der Waals surface area contributed by atoms with Crippen LogP contribution in [0.3, 0.4) is 0 Å². The molecule has 2 rings (SSSR count). The summed E-state index contributed by atoms with van der Waals surface area (Å²) in [5.41, 5.74) is 10.8. The Kier molecular flexibility index (Phi) is 5.48. The van der Waals surface area contributed by atoms with Crippen molar-refractivity contribution in [3.05, 3.63) is 41.1 Å². The number of nitrogens with one attached hydrogen (secondary N) is 1. The SMILES string of the molecule is CCC(CC)Nc1cc(C)nc(Oc2c(C)cccc2C)c1N. The molecule has 0 saturated heterocycles. The van der Waals surface area contributed by atoms with E-state index in [-0.39, 0.29) is 0 Å². The van der Waals surface area contributed by atoms with Gasteiger partial charge in [-0.1, -0.05) is 32.0 Å². The molecule has 0 amide bonds. The third kappa shape index (κ3) is 3.95. The standard InChI is InChI=1S/C19H27N3O/c1-6-15(7-2)22-16-11-14(5)21-19(17(16)20)23-18-12(3)9-8-10-13(18)4/h8-11,15H,6-7,20H2,1-5H3,(H,21,22). The van der Waals surface area contributed by atoms with E-state index in [1.165, 1.54) is 0 Å². The van der Waals surface area contributed by atoms with Gasteiger partial charge in [0.25, 0.3) is 0 Å². The Bertz CT molecular complexity index is 658. The first-order chi connectivity index (χ1) is 11.0. The molecule has 0 aliphatic heterocycles. The van der Waals surface area contributed by atoms with Gasteiger partial charge in [-0.15, -0.1) is 0 Å². The van der Waals surface area contributed by atoms with E-state index in [0.29, 0.717) is 17.6 Å². The van der Waals surface area contributed by atoms with Crippen LogP contribution in [0.5, 0.6) is 11.6 Å². The van der Waals surface area contributed by atoms with Crippen LogP contribution in [0.1, 0.15) is 43.5 Å². The number of para-hydroxylation sites is 1. The number of hydrogen-bond acceptors (Lipinski definition) is 4. The first-order valence-corrected chi connectivity index (χ1v) is 8.23. The van der Waals surface area contributed by atoms with Gasteiger partial charge in [0.05, 0.1) is 5.69 Å². The molecule has 4 heteroatoms. The fourth-order valence-corrected chi connectivity index (χ4v) is 2.62. The molecule has 0 bridgehead atoms. The molecule has 0 saturated carbocycles. The minimum atomic E-state index is 0.396. The molecule has 0 atom stereocenters. The van der Waals surface area contributed by atoms with Gasteiger partial charge < -0.3 is 15.8 Å². The molecule has 23 heavy (non-hydrogen) atoms. The summed E-state index contributed by atoms with van der Waals surface area (Å²) in [5, 5.41) is 3.50. The van der Waals surface area contributed by atoms with Crippen molar-refractivity contribution in [3.63, 3.8) is 0 Å². The van der Waals surface area contributed by atoms with Gasteiger partial charge in [-0.05, 0) is 50.8 Å². The number of rotatable bonds is 6. The number of aryl methyl sites for hydroxylation is 3. The highest BCUT2D eigenvalue weighted by Gasteiger charge is 2.15. The smallest absolute Gasteiger partial charge is 0.245 e. The maximum atomic E-state index is 6.31. The highest BCUT2D eigenvalue weighted by molar-refractivity contribution is 5.72. The highest BCUT2D eigenvalue weighted by atomic mass is 16.5. The Morgan fingerprint density at radius 2 is 1.74 bits per heavy atom. The van der Waals surface area contributed by atoms with Crippen LogP contribution in [0.25, 0.3) is 0 Å². The van der Waals surface area contributed by atoms with Crippen LogP contribution in [0.4, 0.5) is 11.4 Å². The lowest BCUT2D eigenvalue weighted by Gasteiger charge is -2.20. The minimum absolute atomic E-state index is 0.396. The molecule has 0 unspecified atom stereocenters. The number of nitrogen functional groups attached to an aromatic ring is 1. The minimum Gasteiger partial charge on any atom is -0.436 e. The summed E-state index contributed by atoms with van der Waals surface area (Å²) >= 11 is 0. The van der Waals surface area contributed by atoms with Crippen molar-refractivity contribution >= 4 is 11.4 Å². The van der Waals surface area contributed by atoms with E-state index in [1.807, 2.05) is 45.0 Å². The molecule has 4 nitrogen and oxygen atoms in total. The number of aromatic nitrogens is 1. The normalized spacial score (nSPS) is 10.9. The van der Waals surface area contributed by atoms with Gasteiger partial charge in [-0.25, -0.2) is 4.98 Å². The van der Waals surface area contributed by atoms with E-state index >= 15 is 0 Å². The Morgan fingerprint density at radius 3 is 2.30 bits per heavy atom. The number of ether oxygens (including phenoxy) is 1. The molecular formula is C19H27N3O. The lowest BCUT2D eigenvalue weighted by molar-refractivity contribution is 0.457. The van der Waals surface area contributed by atoms with Crippen molar-refractivity contribution in [3.8, 4) is 11.6 Å². The summed E-state index contributed by atoms with van der Waals surface area (Å²) in [7, 11) is 0. The van der Waals surface area contributed by atoms with Crippen molar-refractivity contribution in [1.29, 1.82) is 0 Å². The van der Waals surface area contributed by atoms with Crippen LogP contribution in [0.15, 0.2) is 24.3 Å². The number of pyridine rings is 1. The van der Waals surface area contributed by atoms with Gasteiger partial charge in [0.1, 0.15) is 11.4 Å². The fourth-order valence-electron chi connectivity index (χ4n) is 2.62. The Hall–Kier alpha value is -2.23. The largest absolute Gasteiger partial charge is 0.436 e. The third-order valence-electron chi connectivity index (χ3n) is 4.10. The monoisotopic (exact) mass is 313 g/mol. The van der Waals surface area contributed by atoms with Crippen molar-refractivity contribution in [1.82, 2.24) is 4.98 Å². The first-order valence-electron chi connectivity index (χ1n) is 8.23. The molecule has 1 heterocycles. The number of nitrogens with zero attached hydrogens (tertiary/aromatic N) is 1. The molecule has 3 N–H and O–H groups in total. The zero-order chi connectivity index (χ0) is 17.0. The van der Waals surface area contributed by atoms with Gasteiger partial charge in [0.15, 0.2) is 0 Å². The molecule has 2 aromatic rings. The van der Waals surface area contributed by atoms with E-state index in [4.69, 9.17) is 10.5 Å². The second-order valence-electron chi connectivity index (χ2n) is 6.01. The van der Waals surface area contributed by atoms with Crippen LogP contribution < -0.4 is 15.8 Å². The Balaban J connectivity index is 2.38. The predicted octanol–water partition coefficient (Wildman–Crippen LogP) is 4.98. The number of hydrogen-bond donors (Lipinski definition) is 2. The van der Waals surface area contributed by atoms with Crippen molar-refractivity contribution in [2.75, 3.05) is 11.1 Å². The van der Waals surface area contributed by atoms with E-state index in [0.717, 1.165) is 41.1 Å². The second-order valence-corrected chi connectivity index (χ2v) is 6.01. The molecule has 124 valence electrons. The number of anilines is 2. The summed E-state index contributed by atoms with van der Waals surface area (Å²) in [4.78, 5) is 4.48. The number of benzene rings is 1. The maximum Gasteiger partial charge on any atom is 0.245 e. The van der Waals surface area contributed by atoms with Crippen LogP contribution in [-0.2, 0) is 0 Å². The summed E-state index contributed by atoms with van der Waals surface area (Å²) in [6.07, 6.45) is 2.09. The summed E-state index contributed by atoms with van der Waals surface area (Å²) in [6, 6.07) is 8.44. The third-order valence-corrected chi connectivity index (χ3v) is 4.10. The lowest BCUT2D eigenvalue weighted by atomic mass is 10.1. The predicted molar refractivity (Wildman–Crippen MR) is 97.4 cm³/mol. The van der Waals surface area contributed by atoms with Crippen LogP contribution in [0.2, 0.25) is 0 Å². The van der Waals surface area contributed by atoms with Crippen LogP contribution in [0, 0.1) is 20.8 Å². The van der Waals surface area contributed by atoms with E-state index in [2.05, 4.69) is 24.1 Å². The molecular weight excluding hydrogens is 286 g/mol. The highest BCUT2D eigenvalue weighted by Crippen LogP contribution is 2.35.